The highest BCUT2D eigenvalue weighted by atomic mass is 35.5. The van der Waals surface area contributed by atoms with Crippen molar-refractivity contribution in [2.45, 2.75) is 31.8 Å². The van der Waals surface area contributed by atoms with Crippen LogP contribution in [0, 0.1) is 5.13 Å². The molecular weight excluding hydrogens is 469 g/mol. The van der Waals surface area contributed by atoms with Crippen molar-refractivity contribution in [1.82, 2.24) is 0 Å². The van der Waals surface area contributed by atoms with Gasteiger partial charge in [-0.2, -0.15) is 4.39 Å². The molecule has 6 heteroatoms. The van der Waals surface area contributed by atoms with Gasteiger partial charge < -0.3 is 4.74 Å². The molecule has 1 atom stereocenters. The fourth-order valence-corrected chi connectivity index (χ4v) is 5.15. The van der Waals surface area contributed by atoms with E-state index in [1.54, 1.807) is 19.1 Å². The summed E-state index contributed by atoms with van der Waals surface area (Å²) < 4.78 is 19.6. The molecule has 1 aromatic heterocycles. The second kappa shape index (κ2) is 9.61. The minimum absolute atomic E-state index is 0.375. The van der Waals surface area contributed by atoms with Crippen LogP contribution in [0.3, 0.4) is 0 Å². The van der Waals surface area contributed by atoms with Crippen LogP contribution in [0.15, 0.2) is 78.9 Å². The molecule has 1 saturated carbocycles. The van der Waals surface area contributed by atoms with Gasteiger partial charge in [-0.1, -0.05) is 78.3 Å². The molecule has 1 unspecified atom stereocenters. The molecule has 0 spiro atoms. The van der Waals surface area contributed by atoms with Crippen molar-refractivity contribution in [2.75, 3.05) is 5.32 Å². The smallest absolute Gasteiger partial charge is 0.412 e. The molecule has 1 amide bonds. The summed E-state index contributed by atoms with van der Waals surface area (Å²) in [5.41, 5.74) is 5.54. The molecule has 1 heterocycles. The van der Waals surface area contributed by atoms with Gasteiger partial charge in [-0.05, 0) is 54.0 Å². The van der Waals surface area contributed by atoms with Gasteiger partial charge >= 0.3 is 6.09 Å². The molecule has 3 nitrogen and oxygen atoms in total. The minimum Gasteiger partial charge on any atom is -0.441 e. The number of carbonyl (C=O) groups is 1. The number of halogens is 2. The number of benzene rings is 3. The number of hydrogen-bond acceptors (Lipinski definition) is 3. The van der Waals surface area contributed by atoms with Crippen molar-refractivity contribution >= 4 is 34.7 Å². The third kappa shape index (κ3) is 5.01. The van der Waals surface area contributed by atoms with E-state index in [9.17, 15) is 9.18 Å². The lowest BCUT2D eigenvalue weighted by molar-refractivity contribution is 0.121. The van der Waals surface area contributed by atoms with Crippen LogP contribution in [0.4, 0.5) is 14.9 Å². The summed E-state index contributed by atoms with van der Waals surface area (Å²) in [4.78, 5) is 13.2. The Hall–Kier alpha value is -3.15. The molecule has 3 aromatic carbocycles. The topological polar surface area (TPSA) is 38.3 Å². The number of nitrogens with one attached hydrogen (secondary N) is 1. The van der Waals surface area contributed by atoms with E-state index in [1.165, 1.54) is 24.5 Å². The quantitative estimate of drug-likeness (QED) is 0.292. The Morgan fingerprint density at radius 1 is 1.00 bits per heavy atom. The molecule has 0 aliphatic heterocycles. The highest BCUT2D eigenvalue weighted by molar-refractivity contribution is 7.14. The molecule has 0 radical (unpaired) electrons. The average Bonchev–Trinajstić information content (AvgIpc) is 3.62. The standard InChI is InChI=1S/C28H23ClFNO2S/c1-17(23-4-2-3-5-24(23)29)33-28(32)31-25-16-26(30)34-27(25)22-14-12-21(13-15-22)20-10-8-19(9-11-20)18-6-7-18/h2-5,8-18H,6-7H2,1H3,(H,31,32). The second-order valence-corrected chi connectivity index (χ2v) is 9.87. The van der Waals surface area contributed by atoms with Crippen LogP contribution in [-0.2, 0) is 4.74 Å². The fraction of sp³-hybridized carbons (Fsp3) is 0.179. The van der Waals surface area contributed by atoms with Crippen molar-refractivity contribution in [1.29, 1.82) is 0 Å². The molecule has 172 valence electrons. The van der Waals surface area contributed by atoms with E-state index in [4.69, 9.17) is 16.3 Å². The highest BCUT2D eigenvalue weighted by Gasteiger charge is 2.23. The van der Waals surface area contributed by atoms with Crippen molar-refractivity contribution < 1.29 is 13.9 Å². The van der Waals surface area contributed by atoms with Gasteiger partial charge in [0.15, 0.2) is 5.13 Å². The van der Waals surface area contributed by atoms with Crippen molar-refractivity contribution in [3.63, 3.8) is 0 Å². The summed E-state index contributed by atoms with van der Waals surface area (Å²) in [6.07, 6.45) is 1.35. The van der Waals surface area contributed by atoms with Crippen LogP contribution in [0.2, 0.25) is 5.02 Å². The normalized spacial score (nSPS) is 14.0. The highest BCUT2D eigenvalue weighted by Crippen LogP contribution is 2.41. The molecule has 1 aliphatic rings. The third-order valence-corrected chi connectivity index (χ3v) is 7.32. The summed E-state index contributed by atoms with van der Waals surface area (Å²) in [7, 11) is 0. The van der Waals surface area contributed by atoms with Crippen molar-refractivity contribution in [3.05, 3.63) is 100 Å². The SMILES string of the molecule is CC(OC(=O)Nc1cc(F)sc1-c1ccc(-c2ccc(C3CC3)cc2)cc1)c1ccccc1Cl. The Morgan fingerprint density at radius 2 is 1.62 bits per heavy atom. The number of rotatable bonds is 6. The molecule has 4 aromatic rings. The van der Waals surface area contributed by atoms with Gasteiger partial charge in [0.2, 0.25) is 0 Å². The van der Waals surface area contributed by atoms with Gasteiger partial charge in [0, 0.05) is 16.7 Å². The maximum absolute atomic E-state index is 14.2. The van der Waals surface area contributed by atoms with Gasteiger partial charge in [0.1, 0.15) is 6.10 Å². The maximum atomic E-state index is 14.2. The predicted octanol–water partition coefficient (Wildman–Crippen LogP) is 9.06. The first-order valence-corrected chi connectivity index (χ1v) is 12.4. The fourth-order valence-electron chi connectivity index (χ4n) is 4.01. The van der Waals surface area contributed by atoms with Crippen LogP contribution < -0.4 is 5.32 Å². The molecular formula is C28H23ClFNO2S. The Morgan fingerprint density at radius 3 is 2.26 bits per heavy atom. The summed E-state index contributed by atoms with van der Waals surface area (Å²) in [5.74, 6) is 0.732. The summed E-state index contributed by atoms with van der Waals surface area (Å²) >= 11 is 7.18. The average molecular weight is 492 g/mol. The van der Waals surface area contributed by atoms with Crippen LogP contribution in [-0.4, -0.2) is 6.09 Å². The van der Waals surface area contributed by atoms with Crippen molar-refractivity contribution in [2.24, 2.45) is 0 Å². The lowest BCUT2D eigenvalue weighted by Gasteiger charge is -2.15. The Balaban J connectivity index is 1.30. The van der Waals surface area contributed by atoms with Crippen LogP contribution in [0.25, 0.3) is 21.6 Å². The number of carbonyl (C=O) groups excluding carboxylic acids is 1. The largest absolute Gasteiger partial charge is 0.441 e. The summed E-state index contributed by atoms with van der Waals surface area (Å²) in [5, 5.41) is 2.82. The van der Waals surface area contributed by atoms with Gasteiger partial charge in [0.25, 0.3) is 0 Å². The molecule has 1 aliphatic carbocycles. The van der Waals surface area contributed by atoms with Gasteiger partial charge in [-0.15, -0.1) is 11.3 Å². The van der Waals surface area contributed by atoms with Crippen LogP contribution in [0.1, 0.15) is 42.9 Å². The van der Waals surface area contributed by atoms with E-state index in [0.29, 0.717) is 21.2 Å². The monoisotopic (exact) mass is 491 g/mol. The van der Waals surface area contributed by atoms with E-state index in [-0.39, 0.29) is 5.13 Å². The zero-order valence-electron chi connectivity index (χ0n) is 18.6. The first-order chi connectivity index (χ1) is 16.5. The van der Waals surface area contributed by atoms with E-state index >= 15 is 0 Å². The summed E-state index contributed by atoms with van der Waals surface area (Å²) in [6.45, 7) is 1.74. The Kier molecular flexibility index (Phi) is 6.40. The minimum atomic E-state index is -0.668. The Labute approximate surface area is 207 Å². The van der Waals surface area contributed by atoms with E-state index < -0.39 is 12.2 Å². The summed E-state index contributed by atoms with van der Waals surface area (Å²) in [6, 6.07) is 25.1. The zero-order valence-corrected chi connectivity index (χ0v) is 20.1. The van der Waals surface area contributed by atoms with Gasteiger partial charge in [-0.25, -0.2) is 4.79 Å². The first-order valence-electron chi connectivity index (χ1n) is 11.2. The van der Waals surface area contributed by atoms with E-state index in [1.807, 2.05) is 36.4 Å². The van der Waals surface area contributed by atoms with E-state index in [2.05, 4.69) is 29.6 Å². The number of thiophene rings is 1. The van der Waals surface area contributed by atoms with Gasteiger partial charge in [0.05, 0.1) is 10.6 Å². The number of anilines is 1. The third-order valence-electron chi connectivity index (χ3n) is 6.01. The van der Waals surface area contributed by atoms with E-state index in [0.717, 1.165) is 33.9 Å². The Bertz CT molecular complexity index is 1310. The maximum Gasteiger partial charge on any atom is 0.412 e. The van der Waals surface area contributed by atoms with Gasteiger partial charge in [-0.3, -0.25) is 5.32 Å². The van der Waals surface area contributed by atoms with Crippen LogP contribution >= 0.6 is 22.9 Å². The molecule has 0 bridgehead atoms. The molecule has 0 saturated heterocycles. The zero-order chi connectivity index (χ0) is 23.7. The lowest BCUT2D eigenvalue weighted by Crippen LogP contribution is -2.16. The number of amides is 1. The van der Waals surface area contributed by atoms with Crippen molar-refractivity contribution in [3.8, 4) is 21.6 Å². The molecule has 1 N–H and O–H groups in total. The molecule has 34 heavy (non-hydrogen) atoms. The van der Waals surface area contributed by atoms with Crippen LogP contribution in [0.5, 0.6) is 0 Å². The molecule has 1 fully saturated rings. The number of hydrogen-bond donors (Lipinski definition) is 1. The predicted molar refractivity (Wildman–Crippen MR) is 137 cm³/mol. The molecule has 5 rings (SSSR count). The number of ether oxygens (including phenoxy) is 1. The lowest BCUT2D eigenvalue weighted by atomic mass is 10.0. The first kappa shape index (κ1) is 22.6. The second-order valence-electron chi connectivity index (χ2n) is 8.46.